The van der Waals surface area contributed by atoms with Gasteiger partial charge in [-0.05, 0) is 57.2 Å². The Balaban J connectivity index is 2.17. The Bertz CT molecular complexity index is 662. The van der Waals surface area contributed by atoms with Gasteiger partial charge in [0.15, 0.2) is 0 Å². The molecule has 1 aromatic rings. The largest absolute Gasteiger partial charge is 0.463 e. The van der Waals surface area contributed by atoms with E-state index in [9.17, 15) is 4.79 Å². The molecule has 0 bridgehead atoms. The Labute approximate surface area is 139 Å². The molecule has 2 atom stereocenters. The van der Waals surface area contributed by atoms with Gasteiger partial charge in [0.05, 0.1) is 6.61 Å². The molecule has 0 spiro atoms. The molecule has 124 valence electrons. The third-order valence-electron chi connectivity index (χ3n) is 5.47. The molecule has 2 unspecified atom stereocenters. The van der Waals surface area contributed by atoms with Gasteiger partial charge in [-0.25, -0.2) is 4.79 Å². The maximum Gasteiger partial charge on any atom is 0.332 e. The maximum absolute atomic E-state index is 12.0. The second-order valence-electron chi connectivity index (χ2n) is 7.14. The number of aryl methyl sites for hydroxylation is 2. The molecule has 1 heterocycles. The van der Waals surface area contributed by atoms with Gasteiger partial charge in [0.25, 0.3) is 0 Å². The van der Waals surface area contributed by atoms with Crippen LogP contribution >= 0.6 is 0 Å². The predicted molar refractivity (Wildman–Crippen MR) is 93.3 cm³/mol. The number of benzene rings is 1. The number of carbonyl (C=O) groups excluding carboxylic acids is 1. The smallest absolute Gasteiger partial charge is 0.332 e. The van der Waals surface area contributed by atoms with E-state index in [1.807, 2.05) is 6.92 Å². The number of fused-ring (bicyclic) bond motifs is 3. The lowest BCUT2D eigenvalue weighted by molar-refractivity contribution is -0.137. The summed E-state index contributed by atoms with van der Waals surface area (Å²) in [6, 6.07) is 4.37. The molecule has 1 aliphatic heterocycles. The summed E-state index contributed by atoms with van der Waals surface area (Å²) in [7, 11) is 0. The van der Waals surface area contributed by atoms with Crippen molar-refractivity contribution in [3.05, 3.63) is 40.5 Å². The maximum atomic E-state index is 12.0. The van der Waals surface area contributed by atoms with Crippen LogP contribution in [0.1, 0.15) is 67.7 Å². The molecule has 0 amide bonds. The molecule has 1 N–H and O–H groups in total. The number of nitrogens with one attached hydrogen (secondary N) is 1. The van der Waals surface area contributed by atoms with Gasteiger partial charge in [-0.15, -0.1) is 0 Å². The highest BCUT2D eigenvalue weighted by Crippen LogP contribution is 2.49. The van der Waals surface area contributed by atoms with Crippen LogP contribution in [0.3, 0.4) is 0 Å². The van der Waals surface area contributed by atoms with Crippen LogP contribution in [0.2, 0.25) is 0 Å². The lowest BCUT2D eigenvalue weighted by Gasteiger charge is -2.49. The molecule has 23 heavy (non-hydrogen) atoms. The van der Waals surface area contributed by atoms with E-state index in [1.165, 1.54) is 41.5 Å². The number of hydrogen-bond acceptors (Lipinski definition) is 3. The van der Waals surface area contributed by atoms with Crippen LogP contribution in [0, 0.1) is 13.8 Å². The molecular weight excluding hydrogens is 286 g/mol. The Morgan fingerprint density at radius 2 is 2.09 bits per heavy atom. The van der Waals surface area contributed by atoms with Crippen LogP contribution in [-0.2, 0) is 9.53 Å². The van der Waals surface area contributed by atoms with E-state index in [2.05, 4.69) is 38.2 Å². The van der Waals surface area contributed by atoms with E-state index >= 15 is 0 Å². The average Bonchev–Trinajstić information content (AvgIpc) is 2.49. The first-order valence-electron chi connectivity index (χ1n) is 8.73. The molecule has 1 aromatic carbocycles. The van der Waals surface area contributed by atoms with Gasteiger partial charge < -0.3 is 10.1 Å². The fourth-order valence-electron chi connectivity index (χ4n) is 4.37. The second kappa shape index (κ2) is 6.03. The lowest BCUT2D eigenvalue weighted by atomic mass is 9.65. The summed E-state index contributed by atoms with van der Waals surface area (Å²) < 4.78 is 5.14. The quantitative estimate of drug-likeness (QED) is 0.656. The normalized spacial score (nSPS) is 27.8. The van der Waals surface area contributed by atoms with E-state index in [4.69, 9.17) is 4.74 Å². The third kappa shape index (κ3) is 2.77. The summed E-state index contributed by atoms with van der Waals surface area (Å²) in [6.07, 6.45) is 6.53. The van der Waals surface area contributed by atoms with Crippen molar-refractivity contribution in [2.45, 2.75) is 64.8 Å². The van der Waals surface area contributed by atoms with Crippen molar-refractivity contribution in [1.82, 2.24) is 5.32 Å². The summed E-state index contributed by atoms with van der Waals surface area (Å²) in [5.41, 5.74) is 6.16. The molecule has 1 saturated carbocycles. The average molecular weight is 313 g/mol. The molecule has 0 aromatic heterocycles. The molecule has 1 fully saturated rings. The van der Waals surface area contributed by atoms with Crippen molar-refractivity contribution in [1.29, 1.82) is 0 Å². The van der Waals surface area contributed by atoms with Gasteiger partial charge in [-0.3, -0.25) is 0 Å². The first-order chi connectivity index (χ1) is 11.0. The zero-order valence-electron chi connectivity index (χ0n) is 14.7. The minimum Gasteiger partial charge on any atom is -0.463 e. The predicted octanol–water partition coefficient (Wildman–Crippen LogP) is 4.23. The van der Waals surface area contributed by atoms with E-state index < -0.39 is 0 Å². The van der Waals surface area contributed by atoms with Crippen LogP contribution in [0.4, 0.5) is 0 Å². The Hall–Kier alpha value is -1.77. The topological polar surface area (TPSA) is 38.3 Å². The van der Waals surface area contributed by atoms with E-state index in [1.54, 1.807) is 6.08 Å². The highest BCUT2D eigenvalue weighted by molar-refractivity contribution is 5.93. The Morgan fingerprint density at radius 3 is 2.83 bits per heavy atom. The molecular formula is C20H27NO2. The zero-order chi connectivity index (χ0) is 16.6. The van der Waals surface area contributed by atoms with Crippen LogP contribution in [0.25, 0.3) is 5.70 Å². The van der Waals surface area contributed by atoms with Gasteiger partial charge >= 0.3 is 5.97 Å². The first kappa shape index (κ1) is 16.1. The summed E-state index contributed by atoms with van der Waals surface area (Å²) in [4.78, 5) is 12.0. The highest BCUT2D eigenvalue weighted by atomic mass is 16.5. The minimum absolute atomic E-state index is 0.0299. The second-order valence-corrected chi connectivity index (χ2v) is 7.14. The monoisotopic (exact) mass is 313 g/mol. The summed E-state index contributed by atoms with van der Waals surface area (Å²) in [6.45, 7) is 8.88. The number of rotatable bonds is 2. The molecule has 3 heteroatoms. The minimum atomic E-state index is -0.264. The van der Waals surface area contributed by atoms with Crippen molar-refractivity contribution in [3.8, 4) is 0 Å². The fraction of sp³-hybridized carbons (Fsp3) is 0.550. The SMILES string of the molecule is CCOC(=O)C=C1NC2(C)CCCCC2c2c(C)ccc(C)c21. The van der Waals surface area contributed by atoms with E-state index in [-0.39, 0.29) is 11.5 Å². The van der Waals surface area contributed by atoms with E-state index in [0.29, 0.717) is 12.5 Å². The number of hydrogen-bond donors (Lipinski definition) is 1. The van der Waals surface area contributed by atoms with Gasteiger partial charge in [0.2, 0.25) is 0 Å². The van der Waals surface area contributed by atoms with Crippen molar-refractivity contribution in [2.75, 3.05) is 6.61 Å². The van der Waals surface area contributed by atoms with Crippen LogP contribution in [-0.4, -0.2) is 18.1 Å². The molecule has 0 saturated heterocycles. The molecule has 0 radical (unpaired) electrons. The molecule has 3 rings (SSSR count). The number of carbonyl (C=O) groups is 1. The zero-order valence-corrected chi connectivity index (χ0v) is 14.7. The van der Waals surface area contributed by atoms with Crippen molar-refractivity contribution in [3.63, 3.8) is 0 Å². The van der Waals surface area contributed by atoms with Crippen molar-refractivity contribution in [2.24, 2.45) is 0 Å². The third-order valence-corrected chi connectivity index (χ3v) is 5.47. The Morgan fingerprint density at radius 1 is 1.35 bits per heavy atom. The van der Waals surface area contributed by atoms with Crippen LogP contribution in [0.5, 0.6) is 0 Å². The van der Waals surface area contributed by atoms with Gasteiger partial charge in [0.1, 0.15) is 0 Å². The van der Waals surface area contributed by atoms with E-state index in [0.717, 1.165) is 12.1 Å². The van der Waals surface area contributed by atoms with Crippen LogP contribution < -0.4 is 5.32 Å². The molecule has 3 nitrogen and oxygen atoms in total. The van der Waals surface area contributed by atoms with Gasteiger partial charge in [-0.1, -0.05) is 25.0 Å². The summed E-state index contributed by atoms with van der Waals surface area (Å²) in [5.74, 6) is 0.255. The van der Waals surface area contributed by atoms with Crippen molar-refractivity contribution < 1.29 is 9.53 Å². The van der Waals surface area contributed by atoms with Gasteiger partial charge in [0, 0.05) is 28.8 Å². The molecule has 1 aliphatic carbocycles. The van der Waals surface area contributed by atoms with Crippen molar-refractivity contribution >= 4 is 11.7 Å². The standard InChI is InChI=1S/C20H27NO2/c1-5-23-17(22)12-16-19-14(3)10-9-13(2)18(19)15-8-6-7-11-20(15,4)21-16/h9-10,12,15,21H,5-8,11H2,1-4H3. The lowest BCUT2D eigenvalue weighted by Crippen LogP contribution is -2.52. The van der Waals surface area contributed by atoms with Crippen LogP contribution in [0.15, 0.2) is 18.2 Å². The summed E-state index contributed by atoms with van der Waals surface area (Å²) >= 11 is 0. The first-order valence-corrected chi connectivity index (χ1v) is 8.73. The Kier molecular flexibility index (Phi) is 4.22. The number of esters is 1. The fourth-order valence-corrected chi connectivity index (χ4v) is 4.37. The highest BCUT2D eigenvalue weighted by Gasteiger charge is 2.43. The summed E-state index contributed by atoms with van der Waals surface area (Å²) in [5, 5.41) is 3.71. The molecule has 2 aliphatic rings. The van der Waals surface area contributed by atoms with Gasteiger partial charge in [-0.2, -0.15) is 0 Å². The number of ether oxygens (including phenoxy) is 1.